The van der Waals surface area contributed by atoms with Crippen LogP contribution in [0.15, 0.2) is 18.2 Å². The van der Waals surface area contributed by atoms with E-state index in [0.717, 1.165) is 5.46 Å². The molecule has 2 amide bonds. The Bertz CT molecular complexity index is 883. The Hall–Kier alpha value is -1.77. The molecular formula is C23H34BClN2O5. The number of hydrogen-bond donors (Lipinski definition) is 0. The van der Waals surface area contributed by atoms with E-state index in [1.54, 1.807) is 21.9 Å². The molecule has 2 aliphatic heterocycles. The van der Waals surface area contributed by atoms with Crippen LogP contribution in [-0.2, 0) is 14.0 Å². The van der Waals surface area contributed by atoms with E-state index in [-0.39, 0.29) is 18.0 Å². The van der Waals surface area contributed by atoms with Crippen LogP contribution >= 0.6 is 11.6 Å². The summed E-state index contributed by atoms with van der Waals surface area (Å²) >= 11 is 6.51. The molecule has 0 bridgehead atoms. The summed E-state index contributed by atoms with van der Waals surface area (Å²) in [6.45, 7) is 16.6. The number of piperazine rings is 1. The summed E-state index contributed by atoms with van der Waals surface area (Å²) in [5.74, 6) is -0.161. The average molecular weight is 465 g/mol. The van der Waals surface area contributed by atoms with Gasteiger partial charge in [0.15, 0.2) is 0 Å². The van der Waals surface area contributed by atoms with Gasteiger partial charge >= 0.3 is 13.2 Å². The molecule has 1 aromatic rings. The Morgan fingerprint density at radius 2 is 1.72 bits per heavy atom. The van der Waals surface area contributed by atoms with Crippen LogP contribution in [0.5, 0.6) is 0 Å². The molecule has 0 spiro atoms. The number of nitrogens with zero attached hydrogens (tertiary/aromatic N) is 2. The second-order valence-corrected chi connectivity index (χ2v) is 11.0. The van der Waals surface area contributed by atoms with Crippen LogP contribution in [0.4, 0.5) is 4.79 Å². The Balaban J connectivity index is 1.68. The summed E-state index contributed by atoms with van der Waals surface area (Å²) in [5, 5.41) is 0.351. The Labute approximate surface area is 196 Å². The van der Waals surface area contributed by atoms with Crippen LogP contribution < -0.4 is 5.46 Å². The van der Waals surface area contributed by atoms with Crippen molar-refractivity contribution in [3.8, 4) is 0 Å². The quantitative estimate of drug-likeness (QED) is 0.624. The molecule has 2 fully saturated rings. The fourth-order valence-electron chi connectivity index (χ4n) is 3.73. The van der Waals surface area contributed by atoms with Crippen molar-refractivity contribution in [1.82, 2.24) is 9.80 Å². The smallest absolute Gasteiger partial charge is 0.444 e. The molecular weight excluding hydrogens is 431 g/mol. The van der Waals surface area contributed by atoms with Gasteiger partial charge in [0.05, 0.1) is 21.8 Å². The minimum Gasteiger partial charge on any atom is -0.444 e. The van der Waals surface area contributed by atoms with Crippen molar-refractivity contribution in [1.29, 1.82) is 0 Å². The zero-order valence-electron chi connectivity index (χ0n) is 20.3. The first kappa shape index (κ1) is 24.9. The molecule has 32 heavy (non-hydrogen) atoms. The van der Waals surface area contributed by atoms with Gasteiger partial charge in [-0.3, -0.25) is 4.79 Å². The fourth-order valence-corrected chi connectivity index (χ4v) is 4.00. The molecule has 0 aliphatic carbocycles. The summed E-state index contributed by atoms with van der Waals surface area (Å²) in [7, 11) is -0.543. The van der Waals surface area contributed by atoms with Gasteiger partial charge in [-0.05, 0) is 73.0 Å². The van der Waals surface area contributed by atoms with Gasteiger partial charge in [-0.15, -0.1) is 0 Å². The zero-order valence-corrected chi connectivity index (χ0v) is 21.1. The molecule has 0 radical (unpaired) electrons. The van der Waals surface area contributed by atoms with Gasteiger partial charge < -0.3 is 23.8 Å². The van der Waals surface area contributed by atoms with Crippen LogP contribution in [0, 0.1) is 0 Å². The van der Waals surface area contributed by atoms with E-state index < -0.39 is 23.9 Å². The minimum atomic E-state index is -0.559. The summed E-state index contributed by atoms with van der Waals surface area (Å²) in [6, 6.07) is 5.11. The lowest BCUT2D eigenvalue weighted by Crippen LogP contribution is -2.56. The second-order valence-electron chi connectivity index (χ2n) is 10.6. The number of rotatable bonds is 2. The van der Waals surface area contributed by atoms with Crippen molar-refractivity contribution in [3.63, 3.8) is 0 Å². The van der Waals surface area contributed by atoms with Gasteiger partial charge in [0.2, 0.25) is 0 Å². The number of hydrogen-bond acceptors (Lipinski definition) is 5. The first-order valence-electron chi connectivity index (χ1n) is 11.1. The summed E-state index contributed by atoms with van der Waals surface area (Å²) < 4.78 is 17.6. The average Bonchev–Trinajstić information content (AvgIpc) is 2.87. The zero-order chi connectivity index (χ0) is 24.1. The van der Waals surface area contributed by atoms with E-state index in [1.165, 1.54) is 0 Å². The Morgan fingerprint density at radius 1 is 1.12 bits per heavy atom. The highest BCUT2D eigenvalue weighted by molar-refractivity contribution is 6.62. The van der Waals surface area contributed by atoms with Crippen molar-refractivity contribution < 1.29 is 23.6 Å². The first-order valence-corrected chi connectivity index (χ1v) is 11.4. The van der Waals surface area contributed by atoms with Gasteiger partial charge in [0, 0.05) is 25.7 Å². The number of benzene rings is 1. The fraction of sp³-hybridized carbons (Fsp3) is 0.652. The lowest BCUT2D eigenvalue weighted by molar-refractivity contribution is 0.00198. The van der Waals surface area contributed by atoms with Gasteiger partial charge in [-0.2, -0.15) is 0 Å². The molecule has 2 heterocycles. The number of amides is 2. The standard InChI is InChI=1S/C23H34BClN2O5/c1-15-14-26(11-12-27(15)20(29)30-21(2,3)4)19(28)17-10-9-16(13-18(17)25)24-31-22(5,6)23(7,8)32-24/h9-10,13,15H,11-12,14H2,1-8H3/t15-/m0/s1. The lowest BCUT2D eigenvalue weighted by Gasteiger charge is -2.40. The molecule has 0 saturated carbocycles. The maximum Gasteiger partial charge on any atom is 0.494 e. The van der Waals surface area contributed by atoms with E-state index in [0.29, 0.717) is 30.2 Å². The molecule has 1 atom stereocenters. The summed E-state index contributed by atoms with van der Waals surface area (Å²) in [5.41, 5.74) is -0.278. The highest BCUT2D eigenvalue weighted by Gasteiger charge is 2.51. The van der Waals surface area contributed by atoms with E-state index in [9.17, 15) is 9.59 Å². The molecule has 0 aromatic heterocycles. The van der Waals surface area contributed by atoms with Crippen LogP contribution in [-0.4, -0.2) is 71.4 Å². The maximum absolute atomic E-state index is 13.2. The van der Waals surface area contributed by atoms with Gasteiger partial charge in [-0.1, -0.05) is 17.7 Å². The topological polar surface area (TPSA) is 68.3 Å². The van der Waals surface area contributed by atoms with Crippen LogP contribution in [0.3, 0.4) is 0 Å². The maximum atomic E-state index is 13.2. The van der Waals surface area contributed by atoms with Gasteiger partial charge in [0.25, 0.3) is 5.91 Å². The van der Waals surface area contributed by atoms with Crippen molar-refractivity contribution in [2.24, 2.45) is 0 Å². The van der Waals surface area contributed by atoms with Gasteiger partial charge in [0.1, 0.15) is 5.60 Å². The number of halogens is 1. The van der Waals surface area contributed by atoms with Crippen molar-refractivity contribution in [2.75, 3.05) is 19.6 Å². The third kappa shape index (κ3) is 5.08. The number of ether oxygens (including phenoxy) is 1. The van der Waals surface area contributed by atoms with Crippen molar-refractivity contribution in [2.45, 2.75) is 78.2 Å². The second kappa shape index (κ2) is 8.54. The molecule has 1 aromatic carbocycles. The van der Waals surface area contributed by atoms with Gasteiger partial charge in [-0.25, -0.2) is 4.79 Å². The van der Waals surface area contributed by atoms with E-state index >= 15 is 0 Å². The summed E-state index contributed by atoms with van der Waals surface area (Å²) in [6.07, 6.45) is -0.359. The Kier molecular flexibility index (Phi) is 6.64. The third-order valence-corrected chi connectivity index (χ3v) is 6.60. The summed E-state index contributed by atoms with van der Waals surface area (Å²) in [4.78, 5) is 29.0. The highest BCUT2D eigenvalue weighted by atomic mass is 35.5. The predicted octanol–water partition coefficient (Wildman–Crippen LogP) is 3.72. The molecule has 0 N–H and O–H groups in total. The Morgan fingerprint density at radius 3 is 2.22 bits per heavy atom. The van der Waals surface area contributed by atoms with Crippen LogP contribution in [0.2, 0.25) is 5.02 Å². The van der Waals surface area contributed by atoms with Crippen molar-refractivity contribution >= 4 is 36.2 Å². The van der Waals surface area contributed by atoms with Crippen molar-refractivity contribution in [3.05, 3.63) is 28.8 Å². The first-order chi connectivity index (χ1) is 14.6. The molecule has 176 valence electrons. The largest absolute Gasteiger partial charge is 0.494 e. The molecule has 0 unspecified atom stereocenters. The molecule has 7 nitrogen and oxygen atoms in total. The van der Waals surface area contributed by atoms with E-state index in [2.05, 4.69) is 0 Å². The van der Waals surface area contributed by atoms with Crippen LogP contribution in [0.1, 0.15) is 65.7 Å². The normalized spacial score (nSPS) is 22.8. The predicted molar refractivity (Wildman–Crippen MR) is 125 cm³/mol. The molecule has 9 heteroatoms. The third-order valence-electron chi connectivity index (χ3n) is 6.29. The molecule has 3 rings (SSSR count). The van der Waals surface area contributed by atoms with Crippen LogP contribution in [0.25, 0.3) is 0 Å². The monoisotopic (exact) mass is 464 g/mol. The molecule has 2 saturated heterocycles. The number of carbonyl (C=O) groups excluding carboxylic acids is 2. The number of carbonyl (C=O) groups is 2. The highest BCUT2D eigenvalue weighted by Crippen LogP contribution is 2.36. The lowest BCUT2D eigenvalue weighted by atomic mass is 9.79. The minimum absolute atomic E-state index is 0.161. The molecule has 2 aliphatic rings. The van der Waals surface area contributed by atoms with E-state index in [4.69, 9.17) is 25.6 Å². The van der Waals surface area contributed by atoms with E-state index in [1.807, 2.05) is 61.5 Å². The SMILES string of the molecule is C[C@H]1CN(C(=O)c2ccc(B3OC(C)(C)C(C)(C)O3)cc2Cl)CCN1C(=O)OC(C)(C)C.